The van der Waals surface area contributed by atoms with Crippen molar-refractivity contribution in [2.24, 2.45) is 0 Å². The molecule has 2 nitrogen and oxygen atoms in total. The van der Waals surface area contributed by atoms with Gasteiger partial charge in [0, 0.05) is 0 Å². The molecule has 0 saturated carbocycles. The molecule has 4 heteroatoms. The van der Waals surface area contributed by atoms with Gasteiger partial charge in [0.05, 0.1) is 0 Å². The van der Waals surface area contributed by atoms with Crippen LogP contribution in [-0.2, 0) is 12.7 Å². The number of unbranched alkanes of at least 4 members (excludes halogenated alkanes) is 11. The SMILES string of the molecule is CCCCCCCCC[I-]C1(CCCCCCCC)c2ccccc2-c2ccc(B3OC(C)(C)C(C)(C)O3)cc21. The fourth-order valence-corrected chi connectivity index (χ4v) is 10.7. The number of benzene rings is 2. The summed E-state index contributed by atoms with van der Waals surface area (Å²) >= 11 is -0.0483. The molecular formula is C36H55BIO2-. The van der Waals surface area contributed by atoms with Crippen LogP contribution in [0.5, 0.6) is 0 Å². The van der Waals surface area contributed by atoms with E-state index in [1.54, 1.807) is 11.1 Å². The van der Waals surface area contributed by atoms with E-state index in [4.69, 9.17) is 9.31 Å². The van der Waals surface area contributed by atoms with E-state index < -0.39 is 0 Å². The summed E-state index contributed by atoms with van der Waals surface area (Å²) in [7, 11) is -0.299. The van der Waals surface area contributed by atoms with Crippen molar-refractivity contribution in [2.45, 2.75) is 146 Å². The van der Waals surface area contributed by atoms with E-state index in [1.807, 2.05) is 0 Å². The average Bonchev–Trinajstić information content (AvgIpc) is 3.33. The third-order valence-electron chi connectivity index (χ3n) is 9.57. The van der Waals surface area contributed by atoms with E-state index in [0.717, 1.165) is 0 Å². The fourth-order valence-electron chi connectivity index (χ4n) is 6.37. The zero-order chi connectivity index (χ0) is 28.6. The van der Waals surface area contributed by atoms with Crippen LogP contribution < -0.4 is 26.7 Å². The van der Waals surface area contributed by atoms with Crippen LogP contribution in [0.1, 0.15) is 143 Å². The van der Waals surface area contributed by atoms with E-state index in [2.05, 4.69) is 84.0 Å². The molecule has 1 saturated heterocycles. The van der Waals surface area contributed by atoms with Crippen molar-refractivity contribution >= 4 is 12.6 Å². The maximum absolute atomic E-state index is 6.53. The van der Waals surface area contributed by atoms with Gasteiger partial charge >= 0.3 is 258 Å². The molecule has 2 aromatic carbocycles. The van der Waals surface area contributed by atoms with Crippen LogP contribution in [0, 0.1) is 0 Å². The standard InChI is InChI=1S/C36H55BIO2/c1-7-9-11-13-15-17-21-27-38-36(26-20-16-14-12-10-8-2)32-23-19-18-22-30(32)31-25-24-29(28-33(31)36)37-39-34(3,4)35(5,6)40-37/h18-19,22-25,28H,7-17,20-21,26-27H2,1-6H3/q-1. The Bertz CT molecular complexity index is 1060. The Labute approximate surface area is 257 Å². The van der Waals surface area contributed by atoms with Crippen molar-refractivity contribution in [1.82, 2.24) is 0 Å². The summed E-state index contributed by atoms with van der Waals surface area (Å²) in [5, 5.41) is 0. The molecule has 0 amide bonds. The Kier molecular flexibility index (Phi) is 11.7. The predicted octanol–water partition coefficient (Wildman–Crippen LogP) is 6.80. The molecule has 0 N–H and O–H groups in total. The molecule has 1 aliphatic carbocycles. The van der Waals surface area contributed by atoms with E-state index in [1.165, 1.54) is 111 Å². The molecule has 2 aliphatic rings. The van der Waals surface area contributed by atoms with Gasteiger partial charge in [0.1, 0.15) is 0 Å². The Morgan fingerprint density at radius 1 is 0.625 bits per heavy atom. The summed E-state index contributed by atoms with van der Waals surface area (Å²) in [6, 6.07) is 16.5. The van der Waals surface area contributed by atoms with E-state index in [-0.39, 0.29) is 42.9 Å². The number of fused-ring (bicyclic) bond motifs is 3. The quantitative estimate of drug-likeness (QED) is 0.0807. The van der Waals surface area contributed by atoms with Crippen molar-refractivity contribution in [1.29, 1.82) is 0 Å². The first-order valence-corrected chi connectivity index (χ1v) is 19.1. The van der Waals surface area contributed by atoms with Crippen molar-refractivity contribution in [2.75, 3.05) is 4.43 Å². The van der Waals surface area contributed by atoms with Crippen LogP contribution in [-0.4, -0.2) is 22.7 Å². The van der Waals surface area contributed by atoms with Gasteiger partial charge in [-0.15, -0.1) is 0 Å². The number of hydrogen-bond acceptors (Lipinski definition) is 2. The summed E-state index contributed by atoms with van der Waals surface area (Å²) in [6.45, 7) is 13.3. The number of alkyl halides is 2. The molecule has 1 atom stereocenters. The molecule has 4 rings (SSSR count). The molecule has 1 aliphatic heterocycles. The molecule has 2 aromatic rings. The third-order valence-corrected chi connectivity index (χ3v) is 13.9. The van der Waals surface area contributed by atoms with Crippen molar-refractivity contribution in [3.63, 3.8) is 0 Å². The zero-order valence-electron chi connectivity index (χ0n) is 26.4. The monoisotopic (exact) mass is 657 g/mol. The predicted molar refractivity (Wildman–Crippen MR) is 169 cm³/mol. The first kappa shape index (κ1) is 32.1. The maximum atomic E-state index is 6.53. The van der Waals surface area contributed by atoms with Crippen LogP contribution in [0.2, 0.25) is 0 Å². The van der Waals surface area contributed by atoms with E-state index >= 15 is 0 Å². The first-order chi connectivity index (χ1) is 19.3. The molecule has 40 heavy (non-hydrogen) atoms. The Morgan fingerprint density at radius 3 is 1.82 bits per heavy atom. The third kappa shape index (κ3) is 7.20. The fraction of sp³-hybridized carbons (Fsp3) is 0.667. The minimum atomic E-state index is -0.320. The van der Waals surface area contributed by atoms with Gasteiger partial charge in [0.15, 0.2) is 0 Å². The number of rotatable bonds is 17. The van der Waals surface area contributed by atoms with Crippen molar-refractivity contribution < 1.29 is 30.5 Å². The second-order valence-corrected chi connectivity index (χ2v) is 16.9. The summed E-state index contributed by atoms with van der Waals surface area (Å²) in [6.07, 6.45) is 19.2. The van der Waals surface area contributed by atoms with Crippen LogP contribution in [0.25, 0.3) is 11.1 Å². The van der Waals surface area contributed by atoms with Crippen LogP contribution in [0.4, 0.5) is 0 Å². The summed E-state index contributed by atoms with van der Waals surface area (Å²) in [4.78, 5) is 0. The molecule has 1 fully saturated rings. The van der Waals surface area contributed by atoms with Crippen molar-refractivity contribution in [3.8, 4) is 11.1 Å². The Balaban J connectivity index is 1.59. The number of hydrogen-bond donors (Lipinski definition) is 0. The van der Waals surface area contributed by atoms with Gasteiger partial charge in [-0.1, -0.05) is 0 Å². The second kappa shape index (κ2) is 14.6. The second-order valence-electron chi connectivity index (χ2n) is 13.2. The normalized spacial score (nSPS) is 20.7. The molecule has 0 radical (unpaired) electrons. The molecule has 1 heterocycles. The van der Waals surface area contributed by atoms with Gasteiger partial charge in [0.2, 0.25) is 0 Å². The minimum absolute atomic E-state index is 0.0483. The Hall–Kier alpha value is -0.845. The molecule has 0 bridgehead atoms. The van der Waals surface area contributed by atoms with Gasteiger partial charge in [-0.3, -0.25) is 0 Å². The molecule has 222 valence electrons. The Morgan fingerprint density at radius 2 is 1.18 bits per heavy atom. The van der Waals surface area contributed by atoms with Gasteiger partial charge in [-0.2, -0.15) is 0 Å². The molecular weight excluding hydrogens is 602 g/mol. The van der Waals surface area contributed by atoms with Crippen LogP contribution >= 0.6 is 0 Å². The summed E-state index contributed by atoms with van der Waals surface area (Å²) in [5.74, 6) is 0. The first-order valence-electron chi connectivity index (χ1n) is 16.5. The molecule has 0 spiro atoms. The van der Waals surface area contributed by atoms with Gasteiger partial charge in [-0.05, 0) is 0 Å². The number of halogens is 1. The van der Waals surface area contributed by atoms with Gasteiger partial charge < -0.3 is 0 Å². The van der Waals surface area contributed by atoms with E-state index in [9.17, 15) is 0 Å². The van der Waals surface area contributed by atoms with Crippen molar-refractivity contribution in [3.05, 3.63) is 53.6 Å². The summed E-state index contributed by atoms with van der Waals surface area (Å²) < 4.78 is 14.7. The van der Waals surface area contributed by atoms with Crippen LogP contribution in [0.3, 0.4) is 0 Å². The molecule has 1 unspecified atom stereocenters. The van der Waals surface area contributed by atoms with Crippen LogP contribution in [0.15, 0.2) is 42.5 Å². The van der Waals surface area contributed by atoms with Gasteiger partial charge in [-0.25, -0.2) is 0 Å². The zero-order valence-corrected chi connectivity index (χ0v) is 28.6. The van der Waals surface area contributed by atoms with E-state index in [0.29, 0.717) is 0 Å². The molecule has 0 aromatic heterocycles. The summed E-state index contributed by atoms with van der Waals surface area (Å²) in [5.41, 5.74) is 6.67. The van der Waals surface area contributed by atoms with Gasteiger partial charge in [0.25, 0.3) is 0 Å². The topological polar surface area (TPSA) is 18.5 Å². The average molecular weight is 658 g/mol.